The molecule has 0 aromatic heterocycles. The number of likely N-dealkylation sites (N-methyl/N-ethyl adjacent to an activating group) is 1. The van der Waals surface area contributed by atoms with Gasteiger partial charge in [-0.15, -0.1) is 0 Å². The number of aliphatic hydroxyl groups excluding tert-OH is 1. The summed E-state index contributed by atoms with van der Waals surface area (Å²) in [6, 6.07) is 16.4. The van der Waals surface area contributed by atoms with Crippen LogP contribution >= 0.6 is 0 Å². The lowest BCUT2D eigenvalue weighted by Gasteiger charge is -2.23. The van der Waals surface area contributed by atoms with E-state index in [0.29, 0.717) is 13.1 Å². The molecule has 0 saturated carbocycles. The van der Waals surface area contributed by atoms with Crippen molar-refractivity contribution in [3.8, 4) is 0 Å². The molecule has 3 nitrogen and oxygen atoms in total. The molecule has 2 atom stereocenters. The second-order valence-corrected chi connectivity index (χ2v) is 5.72. The first-order valence-electron chi connectivity index (χ1n) is 7.43. The van der Waals surface area contributed by atoms with Crippen molar-refractivity contribution in [3.05, 3.63) is 71.5 Å². The normalized spacial score (nSPS) is 14.0. The fraction of sp³-hybridized carbons (Fsp3) is 0.333. The first kappa shape index (κ1) is 16.6. The van der Waals surface area contributed by atoms with Crippen molar-refractivity contribution in [3.63, 3.8) is 0 Å². The third-order valence-corrected chi connectivity index (χ3v) is 3.47. The van der Waals surface area contributed by atoms with Crippen LogP contribution in [0, 0.1) is 5.82 Å². The van der Waals surface area contributed by atoms with Crippen LogP contribution < -0.4 is 5.32 Å². The van der Waals surface area contributed by atoms with Crippen molar-refractivity contribution in [2.24, 2.45) is 0 Å². The summed E-state index contributed by atoms with van der Waals surface area (Å²) in [5.74, 6) is -0.247. The Morgan fingerprint density at radius 1 is 1.00 bits per heavy atom. The lowest BCUT2D eigenvalue weighted by atomic mass is 9.98. The highest BCUT2D eigenvalue weighted by molar-refractivity contribution is 5.31. The molecule has 0 amide bonds. The van der Waals surface area contributed by atoms with Crippen molar-refractivity contribution >= 4 is 0 Å². The molecule has 0 bridgehead atoms. The van der Waals surface area contributed by atoms with Gasteiger partial charge in [-0.2, -0.15) is 0 Å². The van der Waals surface area contributed by atoms with Crippen molar-refractivity contribution < 1.29 is 9.50 Å². The third-order valence-electron chi connectivity index (χ3n) is 3.47. The van der Waals surface area contributed by atoms with E-state index in [-0.39, 0.29) is 11.9 Å². The van der Waals surface area contributed by atoms with Crippen molar-refractivity contribution in [1.29, 1.82) is 0 Å². The Bertz CT molecular complexity index is 557. The summed E-state index contributed by atoms with van der Waals surface area (Å²) in [6.07, 6.45) is -0.457. The van der Waals surface area contributed by atoms with Crippen LogP contribution in [0.5, 0.6) is 0 Å². The highest BCUT2D eigenvalue weighted by Crippen LogP contribution is 2.22. The zero-order valence-electron chi connectivity index (χ0n) is 13.0. The van der Waals surface area contributed by atoms with E-state index in [9.17, 15) is 9.50 Å². The molecule has 2 rings (SSSR count). The molecular formula is C18H23FN2O. The summed E-state index contributed by atoms with van der Waals surface area (Å²) < 4.78 is 13.1. The van der Waals surface area contributed by atoms with Gasteiger partial charge in [0.1, 0.15) is 5.82 Å². The summed E-state index contributed by atoms with van der Waals surface area (Å²) >= 11 is 0. The maximum atomic E-state index is 13.1. The molecule has 0 aliphatic heterocycles. The zero-order chi connectivity index (χ0) is 15.9. The number of nitrogens with zero attached hydrogens (tertiary/aromatic N) is 1. The molecule has 0 spiro atoms. The minimum absolute atomic E-state index is 0.0707. The molecule has 0 fully saturated rings. The molecule has 0 radical (unpaired) electrons. The molecule has 0 aliphatic carbocycles. The average Bonchev–Trinajstić information content (AvgIpc) is 2.49. The minimum atomic E-state index is -0.457. The van der Waals surface area contributed by atoms with Gasteiger partial charge < -0.3 is 15.3 Å². The second kappa shape index (κ2) is 8.03. The number of aliphatic hydroxyl groups is 1. The van der Waals surface area contributed by atoms with Gasteiger partial charge in [-0.3, -0.25) is 0 Å². The van der Waals surface area contributed by atoms with Gasteiger partial charge in [0, 0.05) is 13.1 Å². The van der Waals surface area contributed by atoms with Crippen LogP contribution in [-0.4, -0.2) is 43.3 Å². The van der Waals surface area contributed by atoms with E-state index in [4.69, 9.17) is 0 Å². The zero-order valence-corrected chi connectivity index (χ0v) is 13.0. The maximum Gasteiger partial charge on any atom is 0.123 e. The monoisotopic (exact) mass is 302 g/mol. The van der Waals surface area contributed by atoms with E-state index < -0.39 is 6.10 Å². The summed E-state index contributed by atoms with van der Waals surface area (Å²) in [6.45, 7) is 1.06. The SMILES string of the molecule is CN(C)CC(O)CNC(c1ccccc1)c1ccc(F)cc1. The molecule has 4 heteroatoms. The lowest BCUT2D eigenvalue weighted by molar-refractivity contribution is 0.133. The van der Waals surface area contributed by atoms with Crippen LogP contribution in [0.1, 0.15) is 17.2 Å². The Labute approximate surface area is 131 Å². The smallest absolute Gasteiger partial charge is 0.123 e. The van der Waals surface area contributed by atoms with E-state index in [1.54, 1.807) is 12.1 Å². The fourth-order valence-corrected chi connectivity index (χ4v) is 2.47. The van der Waals surface area contributed by atoms with Crippen LogP contribution in [0.15, 0.2) is 54.6 Å². The fourth-order valence-electron chi connectivity index (χ4n) is 2.47. The molecule has 2 N–H and O–H groups in total. The van der Waals surface area contributed by atoms with Crippen LogP contribution in [-0.2, 0) is 0 Å². The van der Waals surface area contributed by atoms with Gasteiger partial charge in [0.2, 0.25) is 0 Å². The maximum absolute atomic E-state index is 13.1. The van der Waals surface area contributed by atoms with Gasteiger partial charge in [-0.05, 0) is 37.4 Å². The van der Waals surface area contributed by atoms with Gasteiger partial charge in [-0.1, -0.05) is 42.5 Å². The first-order chi connectivity index (χ1) is 10.6. The Kier molecular flexibility index (Phi) is 6.07. The predicted octanol–water partition coefficient (Wildman–Crippen LogP) is 2.43. The van der Waals surface area contributed by atoms with Crippen LogP contribution in [0.4, 0.5) is 4.39 Å². The van der Waals surface area contributed by atoms with E-state index in [2.05, 4.69) is 5.32 Å². The first-order valence-corrected chi connectivity index (χ1v) is 7.43. The van der Waals surface area contributed by atoms with Gasteiger partial charge >= 0.3 is 0 Å². The molecule has 0 aliphatic rings. The summed E-state index contributed by atoms with van der Waals surface area (Å²) in [5, 5.41) is 13.4. The van der Waals surface area contributed by atoms with Crippen molar-refractivity contribution in [1.82, 2.24) is 10.2 Å². The summed E-state index contributed by atoms with van der Waals surface area (Å²) in [4.78, 5) is 1.95. The minimum Gasteiger partial charge on any atom is -0.390 e. The topological polar surface area (TPSA) is 35.5 Å². The van der Waals surface area contributed by atoms with Gasteiger partial charge in [0.05, 0.1) is 12.1 Å². The molecule has 0 saturated heterocycles. The number of halogens is 1. The highest BCUT2D eigenvalue weighted by Gasteiger charge is 2.15. The number of nitrogens with one attached hydrogen (secondary N) is 1. The molecule has 22 heavy (non-hydrogen) atoms. The Morgan fingerprint density at radius 2 is 1.59 bits per heavy atom. The predicted molar refractivity (Wildman–Crippen MR) is 87.2 cm³/mol. The summed E-state index contributed by atoms with van der Waals surface area (Å²) in [5.41, 5.74) is 2.07. The third kappa shape index (κ3) is 4.91. The van der Waals surface area contributed by atoms with Crippen LogP contribution in [0.25, 0.3) is 0 Å². The van der Waals surface area contributed by atoms with Gasteiger partial charge in [0.25, 0.3) is 0 Å². The van der Waals surface area contributed by atoms with Crippen molar-refractivity contribution in [2.75, 3.05) is 27.2 Å². The Morgan fingerprint density at radius 3 is 2.18 bits per heavy atom. The molecule has 0 heterocycles. The van der Waals surface area contributed by atoms with E-state index in [1.807, 2.05) is 49.3 Å². The Balaban J connectivity index is 2.14. The van der Waals surface area contributed by atoms with Crippen LogP contribution in [0.3, 0.4) is 0 Å². The molecule has 2 aromatic carbocycles. The number of rotatable bonds is 7. The summed E-state index contributed by atoms with van der Waals surface area (Å²) in [7, 11) is 3.86. The van der Waals surface area contributed by atoms with Crippen molar-refractivity contribution in [2.45, 2.75) is 12.1 Å². The lowest BCUT2D eigenvalue weighted by Crippen LogP contribution is -2.37. The van der Waals surface area contributed by atoms with E-state index in [0.717, 1.165) is 11.1 Å². The molecule has 2 unspecified atom stereocenters. The number of hydrogen-bond acceptors (Lipinski definition) is 3. The average molecular weight is 302 g/mol. The van der Waals surface area contributed by atoms with Gasteiger partial charge in [-0.25, -0.2) is 4.39 Å². The van der Waals surface area contributed by atoms with E-state index in [1.165, 1.54) is 12.1 Å². The quantitative estimate of drug-likeness (QED) is 0.824. The van der Waals surface area contributed by atoms with E-state index >= 15 is 0 Å². The largest absolute Gasteiger partial charge is 0.390 e. The number of benzene rings is 2. The van der Waals surface area contributed by atoms with Crippen LogP contribution in [0.2, 0.25) is 0 Å². The number of hydrogen-bond donors (Lipinski definition) is 2. The molecule has 118 valence electrons. The highest BCUT2D eigenvalue weighted by atomic mass is 19.1. The van der Waals surface area contributed by atoms with Gasteiger partial charge in [0.15, 0.2) is 0 Å². The molecule has 2 aromatic rings. The second-order valence-electron chi connectivity index (χ2n) is 5.72. The standard InChI is InChI=1S/C18H23FN2O/c1-21(2)13-17(22)12-20-18(14-6-4-3-5-7-14)15-8-10-16(19)11-9-15/h3-11,17-18,20,22H,12-13H2,1-2H3. The Hall–Kier alpha value is -1.75. The molecular weight excluding hydrogens is 279 g/mol.